The van der Waals surface area contributed by atoms with E-state index in [9.17, 15) is 4.79 Å². The topological polar surface area (TPSA) is 45.9 Å². The van der Waals surface area contributed by atoms with Crippen LogP contribution in [0.15, 0.2) is 60.9 Å². The summed E-state index contributed by atoms with van der Waals surface area (Å²) in [6.07, 6.45) is 3.61. The van der Waals surface area contributed by atoms with Gasteiger partial charge in [0, 0.05) is 21.5 Å². The van der Waals surface area contributed by atoms with Crippen LogP contribution in [-0.2, 0) is 11.3 Å². The van der Waals surface area contributed by atoms with Crippen molar-refractivity contribution in [2.75, 3.05) is 5.32 Å². The van der Waals surface area contributed by atoms with E-state index in [-0.39, 0.29) is 36.4 Å². The second-order valence-electron chi connectivity index (χ2n) is 4.66. The predicted octanol–water partition coefficient (Wildman–Crippen LogP) is -0.182. The van der Waals surface area contributed by atoms with Gasteiger partial charge >= 0.3 is 0 Å². The van der Waals surface area contributed by atoms with Crippen LogP contribution in [0.25, 0.3) is 10.8 Å². The minimum atomic E-state index is -0.148. The lowest BCUT2D eigenvalue weighted by atomic mass is 10.2. The summed E-state index contributed by atoms with van der Waals surface area (Å²) in [6, 6.07) is 14.9. The van der Waals surface area contributed by atoms with Crippen molar-refractivity contribution in [2.45, 2.75) is 6.54 Å². The normalized spacial score (nSPS) is 10.0. The lowest BCUT2D eigenvalue weighted by Crippen LogP contribution is -3.00. The highest BCUT2D eigenvalue weighted by Gasteiger charge is 2.12. The number of halogens is 2. The monoisotopic (exact) mass is 425 g/mol. The van der Waals surface area contributed by atoms with Crippen molar-refractivity contribution in [1.82, 2.24) is 5.10 Å². The third kappa shape index (κ3) is 4.14. The number of carbonyl (C=O) groups is 1. The number of carbonyl (C=O) groups excluding carboxylic acids is 1. The Labute approximate surface area is 150 Å². The van der Waals surface area contributed by atoms with Gasteiger partial charge in [0.2, 0.25) is 6.20 Å². The number of fused-ring (bicyclic) bond motifs is 1. The summed E-state index contributed by atoms with van der Waals surface area (Å²) in [5, 5.41) is 9.71. The van der Waals surface area contributed by atoms with Gasteiger partial charge in [-0.25, -0.2) is 0 Å². The fraction of sp³-hybridized carbons (Fsp3) is 0.0625. The highest BCUT2D eigenvalue weighted by Crippen LogP contribution is 2.14. The van der Waals surface area contributed by atoms with Crippen molar-refractivity contribution in [1.29, 1.82) is 0 Å². The van der Waals surface area contributed by atoms with Crippen LogP contribution in [0.5, 0.6) is 0 Å². The molecule has 2 aromatic carbocycles. The molecule has 0 unspecified atom stereocenters. The third-order valence-electron chi connectivity index (χ3n) is 3.04. The molecule has 0 bridgehead atoms. The van der Waals surface area contributed by atoms with Crippen LogP contribution in [0.4, 0.5) is 5.69 Å². The molecular formula is C16H13ClIN3O. The standard InChI is InChI=1S/C16H12ClN3O.HI/c17-14-6-3-7-15(8-14)19-16(21)11-20-10-13-5-2-1-4-12(13)9-18-20;/h1-10H,11H2;1H. The Kier molecular flexibility index (Phi) is 5.68. The molecule has 0 aliphatic heterocycles. The van der Waals surface area contributed by atoms with Crippen molar-refractivity contribution in [3.05, 3.63) is 65.9 Å². The Morgan fingerprint density at radius 1 is 1.14 bits per heavy atom. The summed E-state index contributed by atoms with van der Waals surface area (Å²) in [5.41, 5.74) is 0.675. The number of rotatable bonds is 3. The Bertz CT molecular complexity index is 810. The van der Waals surface area contributed by atoms with E-state index in [4.69, 9.17) is 11.6 Å². The molecule has 6 heteroatoms. The molecule has 22 heavy (non-hydrogen) atoms. The van der Waals surface area contributed by atoms with Gasteiger partial charge in [0.05, 0.1) is 0 Å². The van der Waals surface area contributed by atoms with Gasteiger partial charge in [0.25, 0.3) is 12.5 Å². The molecule has 3 aromatic rings. The van der Waals surface area contributed by atoms with Crippen molar-refractivity contribution < 1.29 is 33.5 Å². The first kappa shape index (κ1) is 16.6. The van der Waals surface area contributed by atoms with E-state index in [0.29, 0.717) is 10.7 Å². The Morgan fingerprint density at radius 3 is 2.68 bits per heavy atom. The van der Waals surface area contributed by atoms with Crippen LogP contribution in [0, 0.1) is 0 Å². The number of amides is 1. The zero-order chi connectivity index (χ0) is 14.7. The maximum absolute atomic E-state index is 12.0. The van der Waals surface area contributed by atoms with Crippen molar-refractivity contribution in [3.8, 4) is 0 Å². The molecule has 1 aromatic heterocycles. The first-order valence-electron chi connectivity index (χ1n) is 6.51. The van der Waals surface area contributed by atoms with Crippen LogP contribution < -0.4 is 34.0 Å². The molecule has 0 atom stereocenters. The van der Waals surface area contributed by atoms with E-state index in [0.717, 1.165) is 10.8 Å². The molecule has 1 amide bonds. The number of aromatic nitrogens is 2. The number of nitrogens with zero attached hydrogens (tertiary/aromatic N) is 2. The van der Waals surface area contributed by atoms with Crippen LogP contribution in [0.3, 0.4) is 0 Å². The van der Waals surface area contributed by atoms with E-state index in [2.05, 4.69) is 10.4 Å². The molecular weight excluding hydrogens is 413 g/mol. The zero-order valence-electron chi connectivity index (χ0n) is 11.5. The molecule has 1 heterocycles. The van der Waals surface area contributed by atoms with Gasteiger partial charge in [0.1, 0.15) is 6.20 Å². The average molecular weight is 426 g/mol. The smallest absolute Gasteiger partial charge is 0.292 e. The predicted molar refractivity (Wildman–Crippen MR) is 82.0 cm³/mol. The Hall–Kier alpha value is -1.73. The molecule has 0 spiro atoms. The summed E-state index contributed by atoms with van der Waals surface area (Å²) in [5.74, 6) is -0.148. The minimum Gasteiger partial charge on any atom is -1.00 e. The molecule has 0 fully saturated rings. The van der Waals surface area contributed by atoms with E-state index in [1.54, 1.807) is 35.1 Å². The van der Waals surface area contributed by atoms with Crippen molar-refractivity contribution in [2.24, 2.45) is 0 Å². The average Bonchev–Trinajstić information content (AvgIpc) is 2.47. The van der Waals surface area contributed by atoms with Gasteiger partial charge in [-0.1, -0.05) is 40.5 Å². The summed E-state index contributed by atoms with van der Waals surface area (Å²) in [4.78, 5) is 12.0. The number of anilines is 1. The lowest BCUT2D eigenvalue weighted by molar-refractivity contribution is -0.740. The SMILES string of the molecule is O=C(C[n+]1cc2ccccc2cn1)Nc1cccc(Cl)c1.[I-]. The second kappa shape index (κ2) is 7.51. The van der Waals surface area contributed by atoms with Crippen LogP contribution >= 0.6 is 11.6 Å². The molecule has 112 valence electrons. The molecule has 0 saturated carbocycles. The molecule has 1 N–H and O–H groups in total. The number of benzene rings is 2. The quantitative estimate of drug-likeness (QED) is 0.467. The highest BCUT2D eigenvalue weighted by atomic mass is 127. The number of hydrogen-bond acceptors (Lipinski definition) is 2. The fourth-order valence-corrected chi connectivity index (χ4v) is 2.27. The molecule has 3 rings (SSSR count). The van der Waals surface area contributed by atoms with E-state index >= 15 is 0 Å². The fourth-order valence-electron chi connectivity index (χ4n) is 2.08. The minimum absolute atomic E-state index is 0. The summed E-state index contributed by atoms with van der Waals surface area (Å²) < 4.78 is 1.61. The summed E-state index contributed by atoms with van der Waals surface area (Å²) in [6.45, 7) is 0.150. The number of nitrogens with one attached hydrogen (secondary N) is 1. The van der Waals surface area contributed by atoms with Gasteiger partial charge in [-0.2, -0.15) is 0 Å². The van der Waals surface area contributed by atoms with E-state index in [1.807, 2.05) is 30.5 Å². The second-order valence-corrected chi connectivity index (χ2v) is 5.10. The third-order valence-corrected chi connectivity index (χ3v) is 3.28. The number of hydrogen-bond donors (Lipinski definition) is 1. The van der Waals surface area contributed by atoms with Gasteiger partial charge in [-0.15, -0.1) is 0 Å². The first-order valence-corrected chi connectivity index (χ1v) is 6.88. The molecule has 0 aliphatic carbocycles. The largest absolute Gasteiger partial charge is 1.00 e. The lowest BCUT2D eigenvalue weighted by Gasteiger charge is -2.02. The molecule has 4 nitrogen and oxygen atoms in total. The van der Waals surface area contributed by atoms with Crippen molar-refractivity contribution in [3.63, 3.8) is 0 Å². The van der Waals surface area contributed by atoms with Gasteiger partial charge in [0.15, 0.2) is 0 Å². The maximum Gasteiger partial charge on any atom is 0.292 e. The van der Waals surface area contributed by atoms with Gasteiger partial charge in [-0.05, 0) is 29.4 Å². The molecule has 0 aliphatic rings. The van der Waals surface area contributed by atoms with Crippen LogP contribution in [-0.4, -0.2) is 11.0 Å². The Morgan fingerprint density at radius 2 is 1.91 bits per heavy atom. The Balaban J connectivity index is 0.00000176. The maximum atomic E-state index is 12.0. The summed E-state index contributed by atoms with van der Waals surface area (Å²) >= 11 is 5.88. The highest BCUT2D eigenvalue weighted by molar-refractivity contribution is 6.30. The van der Waals surface area contributed by atoms with Crippen LogP contribution in [0.1, 0.15) is 0 Å². The zero-order valence-corrected chi connectivity index (χ0v) is 14.5. The van der Waals surface area contributed by atoms with Crippen molar-refractivity contribution >= 4 is 34.0 Å². The van der Waals surface area contributed by atoms with Gasteiger partial charge in [-0.3, -0.25) is 4.79 Å². The molecule has 0 radical (unpaired) electrons. The van der Waals surface area contributed by atoms with Crippen LogP contribution in [0.2, 0.25) is 5.02 Å². The first-order chi connectivity index (χ1) is 10.2. The summed E-state index contributed by atoms with van der Waals surface area (Å²) in [7, 11) is 0. The van der Waals surface area contributed by atoms with E-state index < -0.39 is 0 Å². The van der Waals surface area contributed by atoms with E-state index in [1.165, 1.54) is 0 Å². The van der Waals surface area contributed by atoms with Gasteiger partial charge < -0.3 is 29.3 Å². The molecule has 0 saturated heterocycles.